The lowest BCUT2D eigenvalue weighted by Crippen LogP contribution is -2.28. The number of ketones is 1. The number of carbonyl (C=O) groups is 1. The van der Waals surface area contributed by atoms with Gasteiger partial charge < -0.3 is 19.3 Å². The third-order valence-corrected chi connectivity index (χ3v) is 6.07. The molecule has 0 radical (unpaired) electrons. The molecule has 0 fully saturated rings. The maximum Gasteiger partial charge on any atom is 0.271 e. The first kappa shape index (κ1) is 25.7. The fourth-order valence-corrected chi connectivity index (χ4v) is 3.81. The monoisotopic (exact) mass is 496 g/mol. The van der Waals surface area contributed by atoms with E-state index in [1.165, 1.54) is 21.1 Å². The number of ether oxygens (including phenoxy) is 3. The second kappa shape index (κ2) is 11.0. The Bertz CT molecular complexity index is 1370. The largest absolute Gasteiger partial charge is 0.494 e. The van der Waals surface area contributed by atoms with Crippen LogP contribution in [0.5, 0.6) is 23.1 Å². The smallest absolute Gasteiger partial charge is 0.271 e. The van der Waals surface area contributed by atoms with Gasteiger partial charge >= 0.3 is 0 Å². The predicted molar refractivity (Wildman–Crippen MR) is 131 cm³/mol. The summed E-state index contributed by atoms with van der Waals surface area (Å²) in [6.07, 6.45) is 0.329. The second-order valence-corrected chi connectivity index (χ2v) is 8.24. The van der Waals surface area contributed by atoms with Gasteiger partial charge in [0.15, 0.2) is 18.1 Å². The van der Waals surface area contributed by atoms with Crippen molar-refractivity contribution in [2.45, 2.75) is 26.8 Å². The molecule has 0 spiro atoms. The lowest BCUT2D eigenvalue weighted by atomic mass is 10.0. The maximum absolute atomic E-state index is 13.0. The normalized spacial score (nSPS) is 10.5. The zero-order chi connectivity index (χ0) is 25.7. The van der Waals surface area contributed by atoms with Gasteiger partial charge in [0.2, 0.25) is 11.7 Å². The number of aromatic hydroxyl groups is 1. The maximum atomic E-state index is 13.0. The highest BCUT2D eigenvalue weighted by molar-refractivity contribution is 6.31. The highest BCUT2D eigenvalue weighted by Crippen LogP contribution is 2.29. The van der Waals surface area contributed by atoms with E-state index >= 15 is 0 Å². The molecule has 0 amide bonds. The molecule has 1 aromatic heterocycles. The van der Waals surface area contributed by atoms with Gasteiger partial charge in [0.05, 0.1) is 19.8 Å². The lowest BCUT2D eigenvalue weighted by Gasteiger charge is -2.16. The van der Waals surface area contributed by atoms with Gasteiger partial charge in [-0.25, -0.2) is 0 Å². The molecule has 0 aliphatic carbocycles. The topological polar surface area (TPSA) is 111 Å². The number of nitrogens with zero attached hydrogens (tertiary/aromatic N) is 2. The first-order chi connectivity index (χ1) is 16.7. The van der Waals surface area contributed by atoms with Crippen molar-refractivity contribution in [3.8, 4) is 29.2 Å². The molecule has 35 heavy (non-hydrogen) atoms. The van der Waals surface area contributed by atoms with Crippen molar-refractivity contribution in [2.24, 2.45) is 0 Å². The first-order valence-corrected chi connectivity index (χ1v) is 11.1. The van der Waals surface area contributed by atoms with Crippen LogP contribution in [0.2, 0.25) is 5.02 Å². The number of halogens is 1. The number of benzene rings is 2. The number of carbonyl (C=O) groups excluding carboxylic acids is 1. The van der Waals surface area contributed by atoms with Crippen molar-refractivity contribution >= 4 is 17.4 Å². The number of pyridine rings is 1. The summed E-state index contributed by atoms with van der Waals surface area (Å²) in [5.74, 6) is 0.437. The van der Waals surface area contributed by atoms with E-state index in [-0.39, 0.29) is 23.2 Å². The molecular weight excluding hydrogens is 472 g/mol. The minimum Gasteiger partial charge on any atom is -0.494 e. The zero-order valence-electron chi connectivity index (χ0n) is 19.8. The van der Waals surface area contributed by atoms with Gasteiger partial charge in [0.1, 0.15) is 17.4 Å². The molecule has 0 unspecified atom stereocenters. The van der Waals surface area contributed by atoms with Crippen LogP contribution in [0, 0.1) is 25.2 Å². The minimum atomic E-state index is -0.672. The molecule has 3 rings (SSSR count). The number of methoxy groups -OCH3 is 2. The fourth-order valence-electron chi connectivity index (χ4n) is 3.70. The number of hydrogen-bond donors (Lipinski definition) is 1. The standard InChI is InChI=1S/C26H25ClN2O6/c1-15-11-18(6-7-20(15)27)35-14-21(30)24-16(2)19(13-28)25(31)29(26(24)32)10-9-17-5-8-22(33-3)23(12-17)34-4/h5-8,11-12,32H,9-10,14H2,1-4H3. The van der Waals surface area contributed by atoms with E-state index < -0.39 is 23.8 Å². The Labute approximate surface area is 207 Å². The van der Waals surface area contributed by atoms with Crippen molar-refractivity contribution in [3.63, 3.8) is 0 Å². The summed E-state index contributed by atoms with van der Waals surface area (Å²) in [7, 11) is 3.05. The summed E-state index contributed by atoms with van der Waals surface area (Å²) in [6.45, 7) is 2.90. The predicted octanol–water partition coefficient (Wildman–Crippen LogP) is 4.22. The lowest BCUT2D eigenvalue weighted by molar-refractivity contribution is 0.0916. The molecule has 1 heterocycles. The Morgan fingerprint density at radius 3 is 2.46 bits per heavy atom. The van der Waals surface area contributed by atoms with E-state index in [0.717, 1.165) is 15.7 Å². The Morgan fingerprint density at radius 1 is 1.11 bits per heavy atom. The van der Waals surface area contributed by atoms with Crippen LogP contribution in [0.3, 0.4) is 0 Å². The number of nitriles is 1. The highest BCUT2D eigenvalue weighted by atomic mass is 35.5. The number of aromatic nitrogens is 1. The van der Waals surface area contributed by atoms with Gasteiger partial charge in [-0.3, -0.25) is 14.2 Å². The molecule has 0 atom stereocenters. The van der Waals surface area contributed by atoms with Gasteiger partial charge in [-0.15, -0.1) is 0 Å². The van der Waals surface area contributed by atoms with E-state index in [0.29, 0.717) is 28.7 Å². The quantitative estimate of drug-likeness (QED) is 0.441. The van der Waals surface area contributed by atoms with E-state index in [1.807, 2.05) is 6.07 Å². The number of aryl methyl sites for hydroxylation is 2. The molecule has 8 nitrogen and oxygen atoms in total. The summed E-state index contributed by atoms with van der Waals surface area (Å²) in [5.41, 5.74) is 0.695. The summed E-state index contributed by atoms with van der Waals surface area (Å²) in [4.78, 5) is 25.9. The summed E-state index contributed by atoms with van der Waals surface area (Å²) in [6, 6.07) is 12.1. The third kappa shape index (κ3) is 5.42. The van der Waals surface area contributed by atoms with Crippen LogP contribution >= 0.6 is 11.6 Å². The molecule has 0 bridgehead atoms. The van der Waals surface area contributed by atoms with E-state index in [2.05, 4.69) is 0 Å². The van der Waals surface area contributed by atoms with Crippen LogP contribution in [0.1, 0.15) is 32.6 Å². The Morgan fingerprint density at radius 2 is 1.83 bits per heavy atom. The third-order valence-electron chi connectivity index (χ3n) is 5.65. The van der Waals surface area contributed by atoms with Crippen molar-refractivity contribution < 1.29 is 24.1 Å². The molecule has 0 saturated heterocycles. The average Bonchev–Trinajstić information content (AvgIpc) is 2.84. The van der Waals surface area contributed by atoms with E-state index in [1.54, 1.807) is 43.3 Å². The fraction of sp³-hybridized carbons (Fsp3) is 0.269. The van der Waals surface area contributed by atoms with E-state index in [9.17, 15) is 20.0 Å². The van der Waals surface area contributed by atoms with Gasteiger partial charge in [0.25, 0.3) is 5.56 Å². The van der Waals surface area contributed by atoms with Crippen molar-refractivity contribution in [2.75, 3.05) is 20.8 Å². The minimum absolute atomic E-state index is 0.0344. The molecule has 0 aliphatic rings. The van der Waals surface area contributed by atoms with Crippen LogP contribution in [0.25, 0.3) is 0 Å². The summed E-state index contributed by atoms with van der Waals surface area (Å²) < 4.78 is 17.1. The molecular formula is C26H25ClN2O6. The van der Waals surface area contributed by atoms with Gasteiger partial charge in [-0.05, 0) is 67.3 Å². The SMILES string of the molecule is COc1ccc(CCn2c(O)c(C(=O)COc3ccc(Cl)c(C)c3)c(C)c(C#N)c2=O)cc1OC. The molecule has 1 N–H and O–H groups in total. The van der Waals surface area contributed by atoms with Gasteiger partial charge in [-0.2, -0.15) is 5.26 Å². The molecule has 9 heteroatoms. The Kier molecular flexibility index (Phi) is 8.05. The zero-order valence-corrected chi connectivity index (χ0v) is 20.6. The van der Waals surface area contributed by atoms with Crippen LogP contribution < -0.4 is 19.8 Å². The second-order valence-electron chi connectivity index (χ2n) is 7.83. The number of hydrogen-bond acceptors (Lipinski definition) is 7. The summed E-state index contributed by atoms with van der Waals surface area (Å²) >= 11 is 6.02. The van der Waals surface area contributed by atoms with Crippen LogP contribution in [-0.2, 0) is 13.0 Å². The van der Waals surface area contributed by atoms with Crippen molar-refractivity contribution in [3.05, 3.63) is 79.6 Å². The number of rotatable bonds is 9. The summed E-state index contributed by atoms with van der Waals surface area (Å²) in [5, 5.41) is 21.0. The molecule has 3 aromatic rings. The van der Waals surface area contributed by atoms with Gasteiger partial charge in [-0.1, -0.05) is 17.7 Å². The Balaban J connectivity index is 1.90. The molecule has 0 aliphatic heterocycles. The molecule has 2 aromatic carbocycles. The number of Topliss-reactive ketones (excluding diaryl/α,β-unsaturated/α-hetero) is 1. The van der Waals surface area contributed by atoms with Crippen LogP contribution in [-0.4, -0.2) is 36.3 Å². The van der Waals surface area contributed by atoms with Crippen LogP contribution in [0.4, 0.5) is 0 Å². The molecule has 182 valence electrons. The first-order valence-electron chi connectivity index (χ1n) is 10.7. The van der Waals surface area contributed by atoms with Crippen LogP contribution in [0.15, 0.2) is 41.2 Å². The highest BCUT2D eigenvalue weighted by Gasteiger charge is 2.24. The van der Waals surface area contributed by atoms with Crippen molar-refractivity contribution in [1.29, 1.82) is 5.26 Å². The van der Waals surface area contributed by atoms with Crippen molar-refractivity contribution in [1.82, 2.24) is 4.57 Å². The van der Waals surface area contributed by atoms with Gasteiger partial charge in [0, 0.05) is 11.6 Å². The Hall–Kier alpha value is -3.96. The average molecular weight is 497 g/mol. The molecule has 0 saturated carbocycles. The van der Waals surface area contributed by atoms with E-state index in [4.69, 9.17) is 25.8 Å².